The summed E-state index contributed by atoms with van der Waals surface area (Å²) in [6.45, 7) is 4.41. The molecule has 0 aliphatic carbocycles. The molecule has 0 saturated heterocycles. The first-order chi connectivity index (χ1) is 8.26. The van der Waals surface area contributed by atoms with Crippen LogP contribution < -0.4 is 5.73 Å². The summed E-state index contributed by atoms with van der Waals surface area (Å²) in [6.07, 6.45) is 13.3. The molecular weight excluding hydrogens is 210 g/mol. The van der Waals surface area contributed by atoms with Crippen LogP contribution in [0.1, 0.15) is 78.1 Å². The normalized spacial score (nSPS) is 14.8. The van der Waals surface area contributed by atoms with Gasteiger partial charge in [-0.2, -0.15) is 0 Å². The summed E-state index contributed by atoms with van der Waals surface area (Å²) in [4.78, 5) is 0. The maximum absolute atomic E-state index is 6.09. The van der Waals surface area contributed by atoms with E-state index >= 15 is 0 Å². The Labute approximate surface area is 108 Å². The highest BCUT2D eigenvalue weighted by atomic mass is 16.5. The van der Waals surface area contributed by atoms with Gasteiger partial charge in [0.25, 0.3) is 0 Å². The van der Waals surface area contributed by atoms with Crippen molar-refractivity contribution >= 4 is 0 Å². The SMILES string of the molecule is CCCCCCCCCCC(N)C(CC)OC. The number of nitrogens with two attached hydrogens (primary N) is 1. The number of unbranched alkanes of at least 4 members (excludes halogenated alkanes) is 7. The molecule has 0 radical (unpaired) electrons. The van der Waals surface area contributed by atoms with Crippen molar-refractivity contribution in [2.45, 2.75) is 90.2 Å². The minimum Gasteiger partial charge on any atom is -0.380 e. The van der Waals surface area contributed by atoms with Gasteiger partial charge in [-0.25, -0.2) is 0 Å². The monoisotopic (exact) mass is 243 g/mol. The average Bonchev–Trinajstić information content (AvgIpc) is 2.34. The molecular formula is C15H33NO. The first-order valence-electron chi connectivity index (χ1n) is 7.54. The van der Waals surface area contributed by atoms with Crippen LogP contribution in [0.15, 0.2) is 0 Å². The molecule has 104 valence electrons. The van der Waals surface area contributed by atoms with E-state index < -0.39 is 0 Å². The van der Waals surface area contributed by atoms with Crippen molar-refractivity contribution in [2.24, 2.45) is 5.73 Å². The van der Waals surface area contributed by atoms with E-state index in [1.165, 1.54) is 51.4 Å². The van der Waals surface area contributed by atoms with Crippen LogP contribution in [-0.2, 0) is 4.74 Å². The average molecular weight is 243 g/mol. The van der Waals surface area contributed by atoms with E-state index in [2.05, 4.69) is 13.8 Å². The molecule has 0 aromatic rings. The zero-order valence-electron chi connectivity index (χ0n) is 12.2. The predicted octanol–water partition coefficient (Wildman–Crippen LogP) is 4.27. The lowest BCUT2D eigenvalue weighted by Crippen LogP contribution is -2.35. The molecule has 2 unspecified atom stereocenters. The van der Waals surface area contributed by atoms with Gasteiger partial charge in [0, 0.05) is 13.2 Å². The fourth-order valence-electron chi connectivity index (χ4n) is 2.34. The molecule has 0 aliphatic rings. The van der Waals surface area contributed by atoms with Gasteiger partial charge in [0.15, 0.2) is 0 Å². The first kappa shape index (κ1) is 16.9. The third kappa shape index (κ3) is 9.61. The van der Waals surface area contributed by atoms with E-state index in [4.69, 9.17) is 10.5 Å². The molecule has 0 rings (SSSR count). The third-order valence-corrected chi connectivity index (χ3v) is 3.57. The van der Waals surface area contributed by atoms with Gasteiger partial charge in [-0.05, 0) is 12.8 Å². The fraction of sp³-hybridized carbons (Fsp3) is 1.00. The Hall–Kier alpha value is -0.0800. The van der Waals surface area contributed by atoms with E-state index in [1.807, 2.05) is 0 Å². The van der Waals surface area contributed by atoms with Crippen molar-refractivity contribution in [3.05, 3.63) is 0 Å². The minimum atomic E-state index is 0.227. The predicted molar refractivity (Wildman–Crippen MR) is 76.3 cm³/mol. The van der Waals surface area contributed by atoms with Gasteiger partial charge in [0.1, 0.15) is 0 Å². The second-order valence-corrected chi connectivity index (χ2v) is 5.11. The molecule has 0 aromatic carbocycles. The van der Waals surface area contributed by atoms with Gasteiger partial charge >= 0.3 is 0 Å². The van der Waals surface area contributed by atoms with Gasteiger partial charge in [0.05, 0.1) is 6.10 Å². The molecule has 0 amide bonds. The van der Waals surface area contributed by atoms with Gasteiger partial charge < -0.3 is 10.5 Å². The zero-order chi connectivity index (χ0) is 12.9. The van der Waals surface area contributed by atoms with E-state index in [0.29, 0.717) is 0 Å². The second kappa shape index (κ2) is 12.4. The van der Waals surface area contributed by atoms with Gasteiger partial charge in [-0.15, -0.1) is 0 Å². The van der Waals surface area contributed by atoms with Crippen LogP contribution in [0.2, 0.25) is 0 Å². The Morgan fingerprint density at radius 3 is 1.88 bits per heavy atom. The highest BCUT2D eigenvalue weighted by Gasteiger charge is 2.13. The van der Waals surface area contributed by atoms with Crippen LogP contribution in [-0.4, -0.2) is 19.3 Å². The Morgan fingerprint density at radius 2 is 1.41 bits per heavy atom. The lowest BCUT2D eigenvalue weighted by atomic mass is 10.0. The number of hydrogen-bond donors (Lipinski definition) is 1. The Morgan fingerprint density at radius 1 is 0.882 bits per heavy atom. The smallest absolute Gasteiger partial charge is 0.0719 e. The summed E-state index contributed by atoms with van der Waals surface area (Å²) in [7, 11) is 1.77. The number of methoxy groups -OCH3 is 1. The van der Waals surface area contributed by atoms with Crippen molar-refractivity contribution in [3.8, 4) is 0 Å². The van der Waals surface area contributed by atoms with Crippen molar-refractivity contribution in [1.29, 1.82) is 0 Å². The van der Waals surface area contributed by atoms with Crippen molar-refractivity contribution in [3.63, 3.8) is 0 Å². The minimum absolute atomic E-state index is 0.227. The topological polar surface area (TPSA) is 35.2 Å². The molecule has 0 aliphatic heterocycles. The molecule has 0 fully saturated rings. The summed E-state index contributed by atoms with van der Waals surface area (Å²) >= 11 is 0. The fourth-order valence-corrected chi connectivity index (χ4v) is 2.34. The van der Waals surface area contributed by atoms with Gasteiger partial charge in [-0.1, -0.05) is 65.2 Å². The maximum atomic E-state index is 6.09. The maximum Gasteiger partial charge on any atom is 0.0719 e. The summed E-state index contributed by atoms with van der Waals surface area (Å²) < 4.78 is 5.36. The van der Waals surface area contributed by atoms with Crippen LogP contribution in [0.5, 0.6) is 0 Å². The van der Waals surface area contributed by atoms with Crippen LogP contribution in [0.4, 0.5) is 0 Å². The first-order valence-corrected chi connectivity index (χ1v) is 7.54. The summed E-state index contributed by atoms with van der Waals surface area (Å²) in [5.74, 6) is 0. The highest BCUT2D eigenvalue weighted by Crippen LogP contribution is 2.12. The largest absolute Gasteiger partial charge is 0.380 e. The quantitative estimate of drug-likeness (QED) is 0.520. The van der Waals surface area contributed by atoms with Crippen molar-refractivity contribution in [1.82, 2.24) is 0 Å². The molecule has 0 spiro atoms. The third-order valence-electron chi connectivity index (χ3n) is 3.57. The number of ether oxygens (including phenoxy) is 1. The van der Waals surface area contributed by atoms with E-state index in [9.17, 15) is 0 Å². The van der Waals surface area contributed by atoms with E-state index in [0.717, 1.165) is 12.8 Å². The molecule has 2 atom stereocenters. The summed E-state index contributed by atoms with van der Waals surface area (Å²) in [6, 6.07) is 0.227. The molecule has 2 nitrogen and oxygen atoms in total. The standard InChI is InChI=1S/C15H33NO/c1-4-6-7-8-9-10-11-12-13-14(16)15(5-2)17-3/h14-15H,4-13,16H2,1-3H3. The van der Waals surface area contributed by atoms with Crippen LogP contribution in [0, 0.1) is 0 Å². The van der Waals surface area contributed by atoms with Crippen LogP contribution in [0.25, 0.3) is 0 Å². The zero-order valence-corrected chi connectivity index (χ0v) is 12.2. The molecule has 0 bridgehead atoms. The molecule has 0 saturated carbocycles. The van der Waals surface area contributed by atoms with Crippen LogP contribution in [0.3, 0.4) is 0 Å². The van der Waals surface area contributed by atoms with E-state index in [-0.39, 0.29) is 12.1 Å². The number of rotatable bonds is 12. The van der Waals surface area contributed by atoms with Crippen LogP contribution >= 0.6 is 0 Å². The Kier molecular flexibility index (Phi) is 12.3. The van der Waals surface area contributed by atoms with Gasteiger partial charge in [0.2, 0.25) is 0 Å². The lowest BCUT2D eigenvalue weighted by molar-refractivity contribution is 0.0740. The highest BCUT2D eigenvalue weighted by molar-refractivity contribution is 4.71. The number of hydrogen-bond acceptors (Lipinski definition) is 2. The molecule has 0 heterocycles. The molecule has 17 heavy (non-hydrogen) atoms. The van der Waals surface area contributed by atoms with Gasteiger partial charge in [-0.3, -0.25) is 0 Å². The Bertz CT molecular complexity index is 146. The summed E-state index contributed by atoms with van der Waals surface area (Å²) in [5.41, 5.74) is 6.09. The summed E-state index contributed by atoms with van der Waals surface area (Å²) in [5, 5.41) is 0. The Balaban J connectivity index is 3.27. The second-order valence-electron chi connectivity index (χ2n) is 5.11. The van der Waals surface area contributed by atoms with Crippen molar-refractivity contribution in [2.75, 3.05) is 7.11 Å². The van der Waals surface area contributed by atoms with Crippen molar-refractivity contribution < 1.29 is 4.74 Å². The molecule has 2 N–H and O–H groups in total. The molecule has 0 aromatic heterocycles. The molecule has 2 heteroatoms. The van der Waals surface area contributed by atoms with E-state index in [1.54, 1.807) is 7.11 Å². The lowest BCUT2D eigenvalue weighted by Gasteiger charge is -2.20.